The van der Waals surface area contributed by atoms with Crippen LogP contribution in [0.2, 0.25) is 0 Å². The van der Waals surface area contributed by atoms with Crippen molar-refractivity contribution in [2.24, 2.45) is 0 Å². The third kappa shape index (κ3) is 1.59. The first kappa shape index (κ1) is 12.3. The van der Waals surface area contributed by atoms with E-state index < -0.39 is 36.0 Å². The fourth-order valence-corrected chi connectivity index (χ4v) is 2.33. The Bertz CT molecular complexity index is 619. The van der Waals surface area contributed by atoms with Crippen LogP contribution in [0.5, 0.6) is 0 Å². The van der Waals surface area contributed by atoms with Gasteiger partial charge < -0.3 is 10.1 Å². The molecule has 0 aliphatic carbocycles. The number of esters is 1. The topological polar surface area (TPSA) is 92.8 Å². The zero-order valence-corrected chi connectivity index (χ0v) is 10.5. The van der Waals surface area contributed by atoms with Crippen molar-refractivity contribution in [1.29, 1.82) is 0 Å². The average molecular weight is 274 g/mol. The van der Waals surface area contributed by atoms with Gasteiger partial charge in [-0.1, -0.05) is 12.1 Å². The van der Waals surface area contributed by atoms with Crippen molar-refractivity contribution in [3.8, 4) is 0 Å². The number of rotatable bonds is 2. The monoisotopic (exact) mass is 274 g/mol. The molecular formula is C13H10N2O5. The Morgan fingerprint density at radius 2 is 1.70 bits per heavy atom. The van der Waals surface area contributed by atoms with Gasteiger partial charge in [0, 0.05) is 6.92 Å². The number of nitrogens with zero attached hydrogens (tertiary/aromatic N) is 1. The average Bonchev–Trinajstić information content (AvgIpc) is 2.64. The summed E-state index contributed by atoms with van der Waals surface area (Å²) < 4.78 is 4.86. The van der Waals surface area contributed by atoms with E-state index in [2.05, 4.69) is 5.32 Å². The fourth-order valence-electron chi connectivity index (χ4n) is 2.33. The first-order chi connectivity index (χ1) is 9.50. The van der Waals surface area contributed by atoms with Crippen LogP contribution >= 0.6 is 0 Å². The number of ether oxygens (including phenoxy) is 1. The number of imide groups is 1. The zero-order chi connectivity index (χ0) is 14.4. The molecule has 1 N–H and O–H groups in total. The summed E-state index contributed by atoms with van der Waals surface area (Å²) in [6.07, 6.45) is -0.984. The first-order valence-electron chi connectivity index (χ1n) is 5.95. The Morgan fingerprint density at radius 1 is 1.15 bits per heavy atom. The molecule has 0 aromatic heterocycles. The molecule has 7 heteroatoms. The van der Waals surface area contributed by atoms with Crippen molar-refractivity contribution in [3.63, 3.8) is 0 Å². The number of nitrogens with one attached hydrogen (secondary N) is 1. The molecule has 20 heavy (non-hydrogen) atoms. The van der Waals surface area contributed by atoms with Gasteiger partial charge in [0.15, 0.2) is 6.04 Å². The smallest absolute Gasteiger partial charge is 0.304 e. The van der Waals surface area contributed by atoms with Crippen LogP contribution in [0.3, 0.4) is 0 Å². The maximum Gasteiger partial charge on any atom is 0.304 e. The van der Waals surface area contributed by atoms with Gasteiger partial charge in [-0.2, -0.15) is 0 Å². The third-order valence-corrected chi connectivity index (χ3v) is 3.24. The summed E-state index contributed by atoms with van der Waals surface area (Å²) in [5.74, 6) is -2.23. The van der Waals surface area contributed by atoms with Crippen LogP contribution in [0.1, 0.15) is 27.6 Å². The van der Waals surface area contributed by atoms with E-state index in [1.165, 1.54) is 19.1 Å². The Hall–Kier alpha value is -2.70. The lowest BCUT2D eigenvalue weighted by atomic mass is 10.1. The lowest BCUT2D eigenvalue weighted by Crippen LogP contribution is -2.71. The van der Waals surface area contributed by atoms with Crippen molar-refractivity contribution in [1.82, 2.24) is 10.2 Å². The van der Waals surface area contributed by atoms with Gasteiger partial charge in [-0.3, -0.25) is 24.1 Å². The maximum absolute atomic E-state index is 12.2. The lowest BCUT2D eigenvalue weighted by Gasteiger charge is -2.39. The molecule has 0 unspecified atom stereocenters. The molecule has 2 heterocycles. The largest absolute Gasteiger partial charge is 0.439 e. The molecule has 1 aromatic carbocycles. The highest BCUT2D eigenvalue weighted by Crippen LogP contribution is 2.28. The van der Waals surface area contributed by atoms with E-state index >= 15 is 0 Å². The van der Waals surface area contributed by atoms with Crippen LogP contribution in [-0.2, 0) is 14.3 Å². The second-order valence-electron chi connectivity index (χ2n) is 4.51. The molecule has 2 aliphatic heterocycles. The van der Waals surface area contributed by atoms with Gasteiger partial charge in [0.1, 0.15) is 0 Å². The molecule has 0 spiro atoms. The van der Waals surface area contributed by atoms with E-state index in [1.807, 2.05) is 0 Å². The highest BCUT2D eigenvalue weighted by atomic mass is 16.6. The van der Waals surface area contributed by atoms with Gasteiger partial charge in [-0.05, 0) is 12.1 Å². The lowest BCUT2D eigenvalue weighted by molar-refractivity contribution is -0.166. The predicted octanol–water partition coefficient (Wildman–Crippen LogP) is -0.330. The summed E-state index contributed by atoms with van der Waals surface area (Å²) in [4.78, 5) is 47.8. The van der Waals surface area contributed by atoms with E-state index in [-0.39, 0.29) is 11.1 Å². The predicted molar refractivity (Wildman–Crippen MR) is 64.4 cm³/mol. The molecular weight excluding hydrogens is 264 g/mol. The van der Waals surface area contributed by atoms with Gasteiger partial charge in [-0.25, -0.2) is 0 Å². The number of amides is 3. The Balaban J connectivity index is 1.92. The Morgan fingerprint density at radius 3 is 2.15 bits per heavy atom. The summed E-state index contributed by atoms with van der Waals surface area (Å²) in [7, 11) is 0. The van der Waals surface area contributed by atoms with Gasteiger partial charge in [0.25, 0.3) is 17.7 Å². The Labute approximate surface area is 113 Å². The summed E-state index contributed by atoms with van der Waals surface area (Å²) in [6, 6.07) is 5.21. The van der Waals surface area contributed by atoms with E-state index in [0.717, 1.165) is 4.90 Å². The SMILES string of the molecule is CC(=O)O[C@H]1NC(=O)[C@H]1N1C(=O)c2ccccc2C1=O. The van der Waals surface area contributed by atoms with Crippen molar-refractivity contribution in [3.05, 3.63) is 35.4 Å². The molecule has 3 amide bonds. The number of benzene rings is 1. The normalized spacial score (nSPS) is 24.1. The van der Waals surface area contributed by atoms with Gasteiger partial charge in [0.2, 0.25) is 6.23 Å². The number of hydrogen-bond acceptors (Lipinski definition) is 5. The fraction of sp³-hybridized carbons (Fsp3) is 0.231. The number of hydrogen-bond donors (Lipinski definition) is 1. The van der Waals surface area contributed by atoms with Crippen molar-refractivity contribution in [2.75, 3.05) is 0 Å². The molecule has 2 aliphatic rings. The molecule has 3 rings (SSSR count). The molecule has 2 atom stereocenters. The van der Waals surface area contributed by atoms with Crippen molar-refractivity contribution >= 4 is 23.7 Å². The van der Waals surface area contributed by atoms with E-state index in [9.17, 15) is 19.2 Å². The molecule has 102 valence electrons. The van der Waals surface area contributed by atoms with Gasteiger partial charge in [0.05, 0.1) is 11.1 Å². The van der Waals surface area contributed by atoms with Crippen LogP contribution in [0.15, 0.2) is 24.3 Å². The first-order valence-corrected chi connectivity index (χ1v) is 5.95. The van der Waals surface area contributed by atoms with Gasteiger partial charge in [-0.15, -0.1) is 0 Å². The van der Waals surface area contributed by atoms with Crippen LogP contribution in [-0.4, -0.2) is 40.9 Å². The number of β-lactam (4-membered cyclic amide) rings is 1. The minimum Gasteiger partial charge on any atom is -0.439 e. The Kier molecular flexibility index (Phi) is 2.56. The summed E-state index contributed by atoms with van der Waals surface area (Å²) >= 11 is 0. The van der Waals surface area contributed by atoms with E-state index in [4.69, 9.17) is 4.74 Å². The third-order valence-electron chi connectivity index (χ3n) is 3.24. The molecule has 1 fully saturated rings. The second-order valence-corrected chi connectivity index (χ2v) is 4.51. The molecule has 0 bridgehead atoms. The van der Waals surface area contributed by atoms with Crippen LogP contribution in [0.25, 0.3) is 0 Å². The number of carbonyl (C=O) groups is 4. The maximum atomic E-state index is 12.2. The minimum absolute atomic E-state index is 0.249. The highest BCUT2D eigenvalue weighted by Gasteiger charge is 2.53. The summed E-state index contributed by atoms with van der Waals surface area (Å²) in [5, 5.41) is 2.34. The van der Waals surface area contributed by atoms with Crippen LogP contribution in [0.4, 0.5) is 0 Å². The van der Waals surface area contributed by atoms with Crippen molar-refractivity contribution < 1.29 is 23.9 Å². The van der Waals surface area contributed by atoms with Crippen LogP contribution in [0, 0.1) is 0 Å². The van der Waals surface area contributed by atoms with Crippen LogP contribution < -0.4 is 5.32 Å². The van der Waals surface area contributed by atoms with Gasteiger partial charge >= 0.3 is 5.97 Å². The minimum atomic E-state index is -1.11. The number of fused-ring (bicyclic) bond motifs is 1. The molecule has 7 nitrogen and oxygen atoms in total. The summed E-state index contributed by atoms with van der Waals surface area (Å²) in [5.41, 5.74) is 0.498. The quantitative estimate of drug-likeness (QED) is 0.453. The zero-order valence-electron chi connectivity index (χ0n) is 10.5. The molecule has 0 radical (unpaired) electrons. The molecule has 0 saturated carbocycles. The standard InChI is InChI=1S/C13H10N2O5/c1-6(16)20-11-9(10(17)14-11)15-12(18)7-4-2-3-5-8(7)13(15)19/h2-5,9,11H,1H3,(H,14,17)/t9-,11-/m1/s1. The van der Waals surface area contributed by atoms with Crippen molar-refractivity contribution in [2.45, 2.75) is 19.2 Å². The number of carbonyl (C=O) groups excluding carboxylic acids is 4. The van der Waals surface area contributed by atoms with E-state index in [0.29, 0.717) is 0 Å². The van der Waals surface area contributed by atoms with E-state index in [1.54, 1.807) is 12.1 Å². The highest BCUT2D eigenvalue weighted by molar-refractivity contribution is 6.23. The molecule has 1 saturated heterocycles. The molecule has 1 aromatic rings. The summed E-state index contributed by atoms with van der Waals surface area (Å²) in [6.45, 7) is 1.18. The second kappa shape index (κ2) is 4.16.